The van der Waals surface area contributed by atoms with Gasteiger partial charge in [-0.2, -0.15) is 13.2 Å². The number of aromatic nitrogens is 4. The molecule has 4 aromatic rings. The summed E-state index contributed by atoms with van der Waals surface area (Å²) in [7, 11) is -3.64. The van der Waals surface area contributed by atoms with E-state index >= 15 is 0 Å². The van der Waals surface area contributed by atoms with Crippen molar-refractivity contribution in [1.29, 1.82) is 0 Å². The van der Waals surface area contributed by atoms with E-state index in [9.17, 15) is 21.6 Å². The number of hydrogen-bond acceptors (Lipinski definition) is 5. The highest BCUT2D eigenvalue weighted by molar-refractivity contribution is 7.91. The topological polar surface area (TPSA) is 77.2 Å². The molecule has 0 radical (unpaired) electrons. The lowest BCUT2D eigenvalue weighted by atomic mass is 10.2. The quantitative estimate of drug-likeness (QED) is 0.518. The van der Waals surface area contributed by atoms with E-state index in [2.05, 4.69) is 15.0 Å². The second-order valence-electron chi connectivity index (χ2n) is 6.09. The summed E-state index contributed by atoms with van der Waals surface area (Å²) < 4.78 is 65.2. The van der Waals surface area contributed by atoms with Gasteiger partial charge in [-0.1, -0.05) is 25.1 Å². The molecule has 28 heavy (non-hydrogen) atoms. The molecule has 144 valence electrons. The summed E-state index contributed by atoms with van der Waals surface area (Å²) in [4.78, 5) is 12.0. The zero-order valence-electron chi connectivity index (χ0n) is 14.5. The smallest absolute Gasteiger partial charge is 0.290 e. The SMILES string of the molecule is CCS(=O)(=O)c1cc2ccccc2nc1-c1cn2cnc(C(F)(F)F)cc2n1. The molecule has 0 bridgehead atoms. The molecule has 0 atom stereocenters. The van der Waals surface area contributed by atoms with Crippen molar-refractivity contribution < 1.29 is 21.6 Å². The molecule has 6 nitrogen and oxygen atoms in total. The van der Waals surface area contributed by atoms with Crippen molar-refractivity contribution >= 4 is 26.4 Å². The van der Waals surface area contributed by atoms with Gasteiger partial charge < -0.3 is 0 Å². The van der Waals surface area contributed by atoms with Crippen molar-refractivity contribution in [3.8, 4) is 11.4 Å². The summed E-state index contributed by atoms with van der Waals surface area (Å²) >= 11 is 0. The van der Waals surface area contributed by atoms with Gasteiger partial charge in [0, 0.05) is 17.6 Å². The first kappa shape index (κ1) is 18.4. The molecule has 0 fully saturated rings. The van der Waals surface area contributed by atoms with Gasteiger partial charge in [-0.25, -0.2) is 23.4 Å². The molecule has 0 saturated carbocycles. The lowest BCUT2D eigenvalue weighted by Crippen LogP contribution is -2.08. The molecular formula is C18H13F3N4O2S. The summed E-state index contributed by atoms with van der Waals surface area (Å²) in [5, 5.41) is 0.642. The number of fused-ring (bicyclic) bond motifs is 2. The van der Waals surface area contributed by atoms with Crippen LogP contribution in [-0.4, -0.2) is 33.5 Å². The molecule has 1 aromatic carbocycles. The molecule has 3 aromatic heterocycles. The number of hydrogen-bond donors (Lipinski definition) is 0. The Balaban J connectivity index is 1.98. The van der Waals surface area contributed by atoms with Crippen LogP contribution in [0.3, 0.4) is 0 Å². The van der Waals surface area contributed by atoms with Crippen LogP contribution in [0.2, 0.25) is 0 Å². The number of rotatable bonds is 3. The third-order valence-electron chi connectivity index (χ3n) is 4.29. The summed E-state index contributed by atoms with van der Waals surface area (Å²) in [6.07, 6.45) is -2.20. The van der Waals surface area contributed by atoms with Gasteiger partial charge in [-0.15, -0.1) is 0 Å². The fourth-order valence-corrected chi connectivity index (χ4v) is 3.90. The van der Waals surface area contributed by atoms with E-state index in [1.807, 2.05) is 0 Å². The van der Waals surface area contributed by atoms with Gasteiger partial charge in [0.25, 0.3) is 0 Å². The summed E-state index contributed by atoms with van der Waals surface area (Å²) in [6.45, 7) is 1.51. The molecule has 0 aliphatic carbocycles. The van der Waals surface area contributed by atoms with E-state index in [4.69, 9.17) is 0 Å². The van der Waals surface area contributed by atoms with Crippen LogP contribution in [0.25, 0.3) is 27.9 Å². The van der Waals surface area contributed by atoms with Crippen LogP contribution in [-0.2, 0) is 16.0 Å². The number of para-hydroxylation sites is 1. The molecule has 10 heteroatoms. The minimum Gasteiger partial charge on any atom is -0.290 e. The standard InChI is InChI=1S/C18H13F3N4O2S/c1-2-28(26,27)14-7-11-5-3-4-6-12(11)24-17(14)13-9-25-10-22-15(18(19,20)21)8-16(25)23-13/h3-10H,2H2,1H3. The van der Waals surface area contributed by atoms with Crippen molar-refractivity contribution in [3.05, 3.63) is 54.6 Å². The second-order valence-corrected chi connectivity index (χ2v) is 8.34. The van der Waals surface area contributed by atoms with Gasteiger partial charge in [0.2, 0.25) is 0 Å². The van der Waals surface area contributed by atoms with Gasteiger partial charge >= 0.3 is 6.18 Å². The van der Waals surface area contributed by atoms with Crippen LogP contribution in [0, 0.1) is 0 Å². The molecule has 0 spiro atoms. The Morgan fingerprint density at radius 1 is 1.11 bits per heavy atom. The van der Waals surface area contributed by atoms with Crippen LogP contribution in [0.4, 0.5) is 13.2 Å². The van der Waals surface area contributed by atoms with Crippen molar-refractivity contribution in [3.63, 3.8) is 0 Å². The van der Waals surface area contributed by atoms with Gasteiger partial charge in [0.15, 0.2) is 9.84 Å². The van der Waals surface area contributed by atoms with Gasteiger partial charge in [0.1, 0.15) is 29.1 Å². The molecule has 0 unspecified atom stereocenters. The second kappa shape index (κ2) is 6.26. The van der Waals surface area contributed by atoms with Gasteiger partial charge in [0.05, 0.1) is 16.2 Å². The lowest BCUT2D eigenvalue weighted by Gasteiger charge is -2.08. The van der Waals surface area contributed by atoms with Crippen LogP contribution in [0.5, 0.6) is 0 Å². The minimum absolute atomic E-state index is 0.00729. The Labute approximate surface area is 157 Å². The zero-order chi connectivity index (χ0) is 20.1. The molecule has 4 rings (SSSR count). The average molecular weight is 406 g/mol. The van der Waals surface area contributed by atoms with Gasteiger partial charge in [-0.3, -0.25) is 4.40 Å². The largest absolute Gasteiger partial charge is 0.433 e. The fourth-order valence-electron chi connectivity index (χ4n) is 2.83. The Bertz CT molecular complexity index is 1310. The molecular weight excluding hydrogens is 393 g/mol. The Kier molecular flexibility index (Phi) is 4.11. The zero-order valence-corrected chi connectivity index (χ0v) is 15.3. The average Bonchev–Trinajstić information content (AvgIpc) is 3.09. The van der Waals surface area contributed by atoms with E-state index < -0.39 is 21.7 Å². The number of halogens is 3. The first-order valence-corrected chi connectivity index (χ1v) is 9.89. The maximum Gasteiger partial charge on any atom is 0.433 e. The minimum atomic E-state index is -4.61. The molecule has 0 saturated heterocycles. The monoisotopic (exact) mass is 406 g/mol. The maximum atomic E-state index is 12.9. The Hall–Kier alpha value is -3.01. The van der Waals surface area contributed by atoms with Crippen molar-refractivity contribution in [2.75, 3.05) is 5.75 Å². The van der Waals surface area contributed by atoms with Crippen molar-refractivity contribution in [2.45, 2.75) is 18.0 Å². The number of pyridine rings is 1. The normalized spacial score (nSPS) is 12.7. The van der Waals surface area contributed by atoms with E-state index in [1.54, 1.807) is 24.3 Å². The van der Waals surface area contributed by atoms with E-state index in [-0.39, 0.29) is 27.7 Å². The van der Waals surface area contributed by atoms with Crippen LogP contribution in [0.15, 0.2) is 53.8 Å². The molecule has 0 amide bonds. The van der Waals surface area contributed by atoms with Gasteiger partial charge in [-0.05, 0) is 12.1 Å². The first-order valence-electron chi connectivity index (χ1n) is 8.24. The lowest BCUT2D eigenvalue weighted by molar-refractivity contribution is -0.141. The highest BCUT2D eigenvalue weighted by Crippen LogP contribution is 2.31. The Morgan fingerprint density at radius 2 is 1.86 bits per heavy atom. The molecule has 3 heterocycles. The first-order chi connectivity index (χ1) is 13.2. The number of alkyl halides is 3. The number of nitrogens with zero attached hydrogens (tertiary/aromatic N) is 4. The van der Waals surface area contributed by atoms with Crippen LogP contribution in [0.1, 0.15) is 12.6 Å². The van der Waals surface area contributed by atoms with E-state index in [0.717, 1.165) is 12.4 Å². The van der Waals surface area contributed by atoms with Crippen molar-refractivity contribution in [1.82, 2.24) is 19.4 Å². The molecule has 0 aliphatic heterocycles. The van der Waals surface area contributed by atoms with Crippen molar-refractivity contribution in [2.24, 2.45) is 0 Å². The summed E-state index contributed by atoms with van der Waals surface area (Å²) in [5.41, 5.74) is -0.285. The van der Waals surface area contributed by atoms with E-state index in [1.165, 1.54) is 23.6 Å². The highest BCUT2D eigenvalue weighted by Gasteiger charge is 2.33. The molecule has 0 aliphatic rings. The summed E-state index contributed by atoms with van der Waals surface area (Å²) in [6, 6.07) is 9.31. The maximum absolute atomic E-state index is 12.9. The van der Waals surface area contributed by atoms with E-state index in [0.29, 0.717) is 10.9 Å². The number of sulfone groups is 1. The predicted molar refractivity (Wildman–Crippen MR) is 96.5 cm³/mol. The Morgan fingerprint density at radius 3 is 2.57 bits per heavy atom. The molecule has 0 N–H and O–H groups in total. The predicted octanol–water partition coefficient (Wildman–Crippen LogP) is 3.76. The number of benzene rings is 1. The third kappa shape index (κ3) is 3.09. The highest BCUT2D eigenvalue weighted by atomic mass is 32.2. The number of imidazole rings is 1. The fraction of sp³-hybridized carbons (Fsp3) is 0.167. The van der Waals surface area contributed by atoms with Crippen LogP contribution < -0.4 is 0 Å². The van der Waals surface area contributed by atoms with Crippen LogP contribution >= 0.6 is 0 Å². The third-order valence-corrected chi connectivity index (χ3v) is 6.03. The summed E-state index contributed by atoms with van der Waals surface area (Å²) in [5.74, 6) is -0.146.